The molecular formula is C19H25NO5. The van der Waals surface area contributed by atoms with E-state index in [1.54, 1.807) is 24.3 Å². The number of para-hydroxylation sites is 1. The van der Waals surface area contributed by atoms with Crippen LogP contribution in [0.2, 0.25) is 0 Å². The maximum atomic E-state index is 13.3. The van der Waals surface area contributed by atoms with Crippen molar-refractivity contribution in [1.82, 2.24) is 4.90 Å². The number of benzene rings is 1. The van der Waals surface area contributed by atoms with Crippen molar-refractivity contribution >= 4 is 11.9 Å². The van der Waals surface area contributed by atoms with Gasteiger partial charge < -0.3 is 14.6 Å². The van der Waals surface area contributed by atoms with Gasteiger partial charge in [0.25, 0.3) is 5.91 Å². The summed E-state index contributed by atoms with van der Waals surface area (Å²) in [6.45, 7) is 4.50. The van der Waals surface area contributed by atoms with Crippen LogP contribution < -0.4 is 4.74 Å². The first kappa shape index (κ1) is 17.7. The monoisotopic (exact) mass is 347 g/mol. The number of carboxylic acids is 1. The van der Waals surface area contributed by atoms with Gasteiger partial charge in [-0.1, -0.05) is 19.1 Å². The fraction of sp³-hybridized carbons (Fsp3) is 0.579. The number of hydrogen-bond donors (Lipinski definition) is 1. The summed E-state index contributed by atoms with van der Waals surface area (Å²) >= 11 is 0. The van der Waals surface area contributed by atoms with Crippen molar-refractivity contribution in [3.63, 3.8) is 0 Å². The summed E-state index contributed by atoms with van der Waals surface area (Å²) in [5.41, 5.74) is -0.425. The maximum absolute atomic E-state index is 13.3. The molecule has 1 amide bonds. The highest BCUT2D eigenvalue weighted by Gasteiger charge is 2.54. The Balaban J connectivity index is 1.97. The number of carbonyl (C=O) groups excluding carboxylic acids is 1. The second-order valence-electron chi connectivity index (χ2n) is 6.90. The van der Waals surface area contributed by atoms with Gasteiger partial charge in [-0.15, -0.1) is 0 Å². The fourth-order valence-corrected chi connectivity index (χ4v) is 3.82. The minimum atomic E-state index is -1.03. The average Bonchev–Trinajstić information content (AvgIpc) is 2.97. The van der Waals surface area contributed by atoms with Gasteiger partial charge in [0.1, 0.15) is 11.5 Å². The molecule has 2 aliphatic rings. The molecule has 0 radical (unpaired) electrons. The molecule has 1 spiro atoms. The first-order chi connectivity index (χ1) is 12.0. The van der Waals surface area contributed by atoms with E-state index in [2.05, 4.69) is 6.92 Å². The third kappa shape index (κ3) is 3.23. The first-order valence-electron chi connectivity index (χ1n) is 8.91. The second-order valence-corrected chi connectivity index (χ2v) is 6.90. The van der Waals surface area contributed by atoms with E-state index >= 15 is 0 Å². The van der Waals surface area contributed by atoms with Crippen molar-refractivity contribution in [2.75, 3.05) is 13.2 Å². The van der Waals surface area contributed by atoms with Crippen LogP contribution in [0.4, 0.5) is 0 Å². The Morgan fingerprint density at radius 3 is 2.64 bits per heavy atom. The summed E-state index contributed by atoms with van der Waals surface area (Å²) in [6, 6.07) is 6.02. The minimum Gasteiger partial charge on any atom is -0.493 e. The van der Waals surface area contributed by atoms with Gasteiger partial charge >= 0.3 is 5.97 Å². The lowest BCUT2D eigenvalue weighted by Gasteiger charge is -2.42. The zero-order chi connectivity index (χ0) is 18.0. The quantitative estimate of drug-likeness (QED) is 0.906. The zero-order valence-corrected chi connectivity index (χ0v) is 14.7. The third-order valence-corrected chi connectivity index (χ3v) is 5.24. The normalized spacial score (nSPS) is 29.0. The van der Waals surface area contributed by atoms with E-state index in [1.807, 2.05) is 6.92 Å². The molecule has 1 aliphatic heterocycles. The van der Waals surface area contributed by atoms with E-state index in [0.717, 1.165) is 12.8 Å². The first-order valence-corrected chi connectivity index (χ1v) is 8.91. The Bertz CT molecular complexity index is 651. The predicted molar refractivity (Wildman–Crippen MR) is 91.5 cm³/mol. The van der Waals surface area contributed by atoms with Gasteiger partial charge in [-0.05, 0) is 50.7 Å². The molecule has 6 nitrogen and oxygen atoms in total. The molecule has 1 aromatic carbocycles. The molecule has 0 unspecified atom stereocenters. The molecule has 1 atom stereocenters. The van der Waals surface area contributed by atoms with Gasteiger partial charge in [-0.25, -0.2) is 4.79 Å². The van der Waals surface area contributed by atoms with Crippen LogP contribution in [0.25, 0.3) is 0 Å². The van der Waals surface area contributed by atoms with E-state index in [9.17, 15) is 14.7 Å². The third-order valence-electron chi connectivity index (χ3n) is 5.24. The summed E-state index contributed by atoms with van der Waals surface area (Å²) in [6.07, 6.45) is 3.17. The molecule has 136 valence electrons. The highest BCUT2D eigenvalue weighted by molar-refractivity contribution is 5.99. The van der Waals surface area contributed by atoms with E-state index < -0.39 is 17.7 Å². The van der Waals surface area contributed by atoms with Crippen molar-refractivity contribution in [2.24, 2.45) is 5.92 Å². The van der Waals surface area contributed by atoms with Crippen LogP contribution >= 0.6 is 0 Å². The number of hydrogen-bond acceptors (Lipinski definition) is 4. The number of ether oxygens (including phenoxy) is 2. The fourth-order valence-electron chi connectivity index (χ4n) is 3.82. The van der Waals surface area contributed by atoms with Crippen molar-refractivity contribution in [2.45, 2.75) is 51.3 Å². The predicted octanol–water partition coefficient (Wildman–Crippen LogP) is 2.92. The lowest BCUT2D eigenvalue weighted by Crippen LogP contribution is -2.55. The molecular weight excluding hydrogens is 322 g/mol. The Morgan fingerprint density at radius 2 is 2.00 bits per heavy atom. The molecule has 1 N–H and O–H groups in total. The summed E-state index contributed by atoms with van der Waals surface area (Å²) in [5, 5.41) is 9.61. The summed E-state index contributed by atoms with van der Waals surface area (Å²) in [4.78, 5) is 26.5. The maximum Gasteiger partial charge on any atom is 0.328 e. The average molecular weight is 347 g/mol. The molecule has 1 aromatic rings. The van der Waals surface area contributed by atoms with Crippen LogP contribution in [0.15, 0.2) is 24.3 Å². The van der Waals surface area contributed by atoms with Crippen molar-refractivity contribution in [3.8, 4) is 5.75 Å². The largest absolute Gasteiger partial charge is 0.493 e. The second kappa shape index (κ2) is 7.04. The Kier molecular flexibility index (Phi) is 4.99. The van der Waals surface area contributed by atoms with Crippen LogP contribution in [0, 0.1) is 5.92 Å². The van der Waals surface area contributed by atoms with Crippen molar-refractivity contribution in [1.29, 1.82) is 0 Å². The van der Waals surface area contributed by atoms with Crippen LogP contribution in [-0.2, 0) is 9.53 Å². The summed E-state index contributed by atoms with van der Waals surface area (Å²) < 4.78 is 11.5. The highest BCUT2D eigenvalue weighted by atomic mass is 16.5. The molecule has 6 heteroatoms. The number of nitrogens with zero attached hydrogens (tertiary/aromatic N) is 1. The number of amides is 1. The molecule has 3 rings (SSSR count). The molecule has 0 aromatic heterocycles. The van der Waals surface area contributed by atoms with E-state index in [4.69, 9.17) is 9.47 Å². The molecule has 1 heterocycles. The van der Waals surface area contributed by atoms with E-state index in [0.29, 0.717) is 36.7 Å². The molecule has 1 aliphatic carbocycles. The SMILES string of the molecule is CCOc1ccccc1C(=O)N1[C@H](C(=O)O)COC12CCC(C)CC2. The minimum absolute atomic E-state index is 0.0340. The Hall–Kier alpha value is -2.08. The molecule has 0 bridgehead atoms. The van der Waals surface area contributed by atoms with Crippen molar-refractivity contribution < 1.29 is 24.2 Å². The number of carboxylic acid groups (broad SMARTS) is 1. The van der Waals surface area contributed by atoms with Gasteiger partial charge in [0.2, 0.25) is 0 Å². The van der Waals surface area contributed by atoms with Crippen LogP contribution in [-0.4, -0.2) is 46.9 Å². The lowest BCUT2D eigenvalue weighted by molar-refractivity contribution is -0.143. The van der Waals surface area contributed by atoms with Gasteiger partial charge in [0.15, 0.2) is 6.04 Å². The summed E-state index contributed by atoms with van der Waals surface area (Å²) in [7, 11) is 0. The van der Waals surface area contributed by atoms with Gasteiger partial charge in [-0.2, -0.15) is 0 Å². The Morgan fingerprint density at radius 1 is 1.32 bits per heavy atom. The van der Waals surface area contributed by atoms with E-state index in [1.165, 1.54) is 4.90 Å². The lowest BCUT2D eigenvalue weighted by atomic mass is 9.83. The number of rotatable bonds is 4. The van der Waals surface area contributed by atoms with Crippen LogP contribution in [0.1, 0.15) is 49.9 Å². The standard InChI is InChI=1S/C19H25NO5/c1-3-24-16-7-5-4-6-14(16)17(21)20-15(18(22)23)12-25-19(20)10-8-13(2)9-11-19/h4-7,13,15H,3,8-12H2,1-2H3,(H,22,23)/t13?,15-,19?/m0/s1. The molecule has 25 heavy (non-hydrogen) atoms. The van der Waals surface area contributed by atoms with Gasteiger partial charge in [0.05, 0.1) is 18.8 Å². The van der Waals surface area contributed by atoms with Gasteiger partial charge in [0, 0.05) is 0 Å². The zero-order valence-electron chi connectivity index (χ0n) is 14.7. The molecule has 2 fully saturated rings. The van der Waals surface area contributed by atoms with Gasteiger partial charge in [-0.3, -0.25) is 9.69 Å². The summed E-state index contributed by atoms with van der Waals surface area (Å²) in [5.74, 6) is -0.322. The highest BCUT2D eigenvalue weighted by Crippen LogP contribution is 2.43. The van der Waals surface area contributed by atoms with Crippen LogP contribution in [0.3, 0.4) is 0 Å². The van der Waals surface area contributed by atoms with Crippen molar-refractivity contribution in [3.05, 3.63) is 29.8 Å². The molecule has 1 saturated carbocycles. The molecule has 1 saturated heterocycles. The van der Waals surface area contributed by atoms with E-state index in [-0.39, 0.29) is 12.5 Å². The van der Waals surface area contributed by atoms with Crippen LogP contribution in [0.5, 0.6) is 5.75 Å². The Labute approximate surface area is 147 Å². The number of carbonyl (C=O) groups is 2. The topological polar surface area (TPSA) is 76.1 Å². The smallest absolute Gasteiger partial charge is 0.328 e. The number of aliphatic carboxylic acids is 1.